The number of carbonyl (C=O) groups excluding carboxylic acids is 1. The maximum atomic E-state index is 13.4. The van der Waals surface area contributed by atoms with Gasteiger partial charge in [0.25, 0.3) is 0 Å². The third-order valence-electron chi connectivity index (χ3n) is 2.62. The summed E-state index contributed by atoms with van der Waals surface area (Å²) in [5.41, 5.74) is -0.104. The molecule has 110 valence electrons. The Labute approximate surface area is 117 Å². The molecule has 20 heavy (non-hydrogen) atoms. The predicted octanol–water partition coefficient (Wildman–Crippen LogP) is 3.08. The van der Waals surface area contributed by atoms with Crippen LogP contribution in [0.2, 0.25) is 0 Å². The van der Waals surface area contributed by atoms with Crippen LogP contribution in [0.4, 0.5) is 14.9 Å². The number of carbonyl (C=O) groups is 2. The lowest BCUT2D eigenvalue weighted by atomic mass is 9.92. The number of carboxylic acids is 1. The number of hydrogen-bond acceptors (Lipinski definition) is 2. The second-order valence-corrected chi connectivity index (χ2v) is 5.69. The molecule has 0 aliphatic carbocycles. The highest BCUT2D eigenvalue weighted by molar-refractivity contribution is 5.91. The van der Waals surface area contributed by atoms with Gasteiger partial charge in [-0.15, -0.1) is 0 Å². The third-order valence-corrected chi connectivity index (χ3v) is 2.62. The van der Waals surface area contributed by atoms with E-state index in [9.17, 15) is 14.0 Å². The van der Waals surface area contributed by atoms with Crippen LogP contribution in [0.15, 0.2) is 18.2 Å². The van der Waals surface area contributed by atoms with E-state index in [1.165, 1.54) is 6.07 Å². The van der Waals surface area contributed by atoms with Crippen LogP contribution in [0.5, 0.6) is 0 Å². The summed E-state index contributed by atoms with van der Waals surface area (Å²) in [6.45, 7) is 6.69. The molecule has 0 radical (unpaired) electrons. The van der Waals surface area contributed by atoms with Gasteiger partial charge in [0.15, 0.2) is 0 Å². The zero-order chi connectivity index (χ0) is 15.3. The minimum Gasteiger partial charge on any atom is -0.478 e. The molecule has 3 N–H and O–H groups in total. The smallest absolute Gasteiger partial charge is 0.338 e. The van der Waals surface area contributed by atoms with Crippen molar-refractivity contribution in [2.75, 3.05) is 11.9 Å². The van der Waals surface area contributed by atoms with Crippen LogP contribution in [-0.4, -0.2) is 23.7 Å². The fourth-order valence-electron chi connectivity index (χ4n) is 1.49. The van der Waals surface area contributed by atoms with Crippen molar-refractivity contribution >= 4 is 17.7 Å². The van der Waals surface area contributed by atoms with Gasteiger partial charge in [-0.1, -0.05) is 20.8 Å². The number of nitrogens with one attached hydrogen (secondary N) is 2. The van der Waals surface area contributed by atoms with Crippen molar-refractivity contribution in [2.24, 2.45) is 5.41 Å². The molecule has 0 spiro atoms. The monoisotopic (exact) mass is 282 g/mol. The second kappa shape index (κ2) is 6.36. The molecule has 0 aliphatic rings. The van der Waals surface area contributed by atoms with E-state index in [0.717, 1.165) is 18.6 Å². The van der Waals surface area contributed by atoms with Gasteiger partial charge in [0.1, 0.15) is 5.82 Å². The van der Waals surface area contributed by atoms with Crippen LogP contribution in [-0.2, 0) is 0 Å². The van der Waals surface area contributed by atoms with E-state index in [2.05, 4.69) is 31.4 Å². The largest absolute Gasteiger partial charge is 0.478 e. The molecule has 6 heteroatoms. The molecule has 1 aromatic rings. The molecule has 2 amide bonds. The van der Waals surface area contributed by atoms with Crippen LogP contribution in [0.1, 0.15) is 37.6 Å². The van der Waals surface area contributed by atoms with Crippen LogP contribution < -0.4 is 10.6 Å². The number of hydrogen-bond donors (Lipinski definition) is 3. The fraction of sp³-hybridized carbons (Fsp3) is 0.429. The number of carboxylic acid groups (broad SMARTS) is 1. The van der Waals surface area contributed by atoms with Gasteiger partial charge in [0.2, 0.25) is 0 Å². The zero-order valence-electron chi connectivity index (χ0n) is 11.8. The van der Waals surface area contributed by atoms with Gasteiger partial charge in [0.05, 0.1) is 5.56 Å². The maximum absolute atomic E-state index is 13.4. The Kier molecular flexibility index (Phi) is 5.07. The number of rotatable bonds is 4. The van der Waals surface area contributed by atoms with Crippen molar-refractivity contribution in [2.45, 2.75) is 27.2 Å². The van der Waals surface area contributed by atoms with Gasteiger partial charge in [0, 0.05) is 12.2 Å². The second-order valence-electron chi connectivity index (χ2n) is 5.69. The zero-order valence-corrected chi connectivity index (χ0v) is 11.8. The van der Waals surface area contributed by atoms with Gasteiger partial charge in [-0.25, -0.2) is 14.0 Å². The minimum absolute atomic E-state index is 0.114. The Bertz CT molecular complexity index is 510. The topological polar surface area (TPSA) is 78.4 Å². The van der Waals surface area contributed by atoms with Crippen molar-refractivity contribution in [3.8, 4) is 0 Å². The summed E-state index contributed by atoms with van der Waals surface area (Å²) in [5, 5.41) is 13.8. The Morgan fingerprint density at radius 1 is 1.30 bits per heavy atom. The molecule has 0 bridgehead atoms. The van der Waals surface area contributed by atoms with E-state index in [-0.39, 0.29) is 11.1 Å². The molecule has 0 atom stereocenters. The van der Waals surface area contributed by atoms with Gasteiger partial charge >= 0.3 is 12.0 Å². The van der Waals surface area contributed by atoms with Gasteiger partial charge < -0.3 is 15.7 Å². The standard InChI is InChI=1S/C14H19FN2O3/c1-14(2,3)6-7-16-13(20)17-9-4-5-10(12(18)19)11(15)8-9/h4-5,8H,6-7H2,1-3H3,(H,18,19)(H2,16,17,20). The molecule has 5 nitrogen and oxygen atoms in total. The first-order chi connectivity index (χ1) is 9.19. The molecule has 1 rings (SSSR count). The minimum atomic E-state index is -1.34. The van der Waals surface area contributed by atoms with E-state index in [4.69, 9.17) is 5.11 Å². The highest BCUT2D eigenvalue weighted by Gasteiger charge is 2.12. The molecule has 0 aliphatic heterocycles. The lowest BCUT2D eigenvalue weighted by molar-refractivity contribution is 0.0692. The van der Waals surface area contributed by atoms with Gasteiger partial charge in [-0.3, -0.25) is 0 Å². The van der Waals surface area contributed by atoms with Crippen LogP contribution in [0.25, 0.3) is 0 Å². The molecular weight excluding hydrogens is 263 g/mol. The SMILES string of the molecule is CC(C)(C)CCNC(=O)Nc1ccc(C(=O)O)c(F)c1. The van der Waals surface area contributed by atoms with E-state index in [1.807, 2.05) is 0 Å². The van der Waals surface area contributed by atoms with Crippen LogP contribution in [0, 0.1) is 11.2 Å². The molecule has 0 fully saturated rings. The summed E-state index contributed by atoms with van der Waals surface area (Å²) in [6, 6.07) is 2.99. The Balaban J connectivity index is 2.54. The number of halogens is 1. The lowest BCUT2D eigenvalue weighted by Crippen LogP contribution is -2.31. The highest BCUT2D eigenvalue weighted by atomic mass is 19.1. The van der Waals surface area contributed by atoms with E-state index >= 15 is 0 Å². The van der Waals surface area contributed by atoms with Crippen molar-refractivity contribution in [1.82, 2.24) is 5.32 Å². The summed E-state index contributed by atoms with van der Waals surface area (Å²) < 4.78 is 13.4. The Hall–Kier alpha value is -2.11. The Morgan fingerprint density at radius 2 is 1.95 bits per heavy atom. The van der Waals surface area contributed by atoms with E-state index in [0.29, 0.717) is 6.54 Å². The van der Waals surface area contributed by atoms with Gasteiger partial charge in [-0.2, -0.15) is 0 Å². The summed E-state index contributed by atoms with van der Waals surface area (Å²) in [5.74, 6) is -2.23. The van der Waals surface area contributed by atoms with Gasteiger partial charge in [-0.05, 0) is 30.0 Å². The first-order valence-electron chi connectivity index (χ1n) is 6.27. The summed E-state index contributed by atoms with van der Waals surface area (Å²) in [6.07, 6.45) is 0.812. The van der Waals surface area contributed by atoms with E-state index in [1.54, 1.807) is 0 Å². The molecule has 1 aromatic carbocycles. The number of anilines is 1. The van der Waals surface area contributed by atoms with Crippen molar-refractivity contribution in [3.05, 3.63) is 29.6 Å². The average molecular weight is 282 g/mol. The predicted molar refractivity (Wildman–Crippen MR) is 74.5 cm³/mol. The molecule has 0 saturated carbocycles. The van der Waals surface area contributed by atoms with Crippen molar-refractivity contribution < 1.29 is 19.1 Å². The molecule has 0 heterocycles. The lowest BCUT2D eigenvalue weighted by Gasteiger charge is -2.18. The average Bonchev–Trinajstić information content (AvgIpc) is 2.26. The first-order valence-corrected chi connectivity index (χ1v) is 6.27. The summed E-state index contributed by atoms with van der Waals surface area (Å²) in [7, 11) is 0. The molecule has 0 aromatic heterocycles. The van der Waals surface area contributed by atoms with Crippen molar-refractivity contribution in [3.63, 3.8) is 0 Å². The molecule has 0 unspecified atom stereocenters. The maximum Gasteiger partial charge on any atom is 0.338 e. The summed E-state index contributed by atoms with van der Waals surface area (Å²) >= 11 is 0. The number of aromatic carboxylic acids is 1. The van der Waals surface area contributed by atoms with E-state index < -0.39 is 23.4 Å². The fourth-order valence-corrected chi connectivity index (χ4v) is 1.49. The van der Waals surface area contributed by atoms with Crippen molar-refractivity contribution in [1.29, 1.82) is 0 Å². The van der Waals surface area contributed by atoms with Crippen LogP contribution in [0.3, 0.4) is 0 Å². The third kappa shape index (κ3) is 5.26. The number of benzene rings is 1. The van der Waals surface area contributed by atoms with Crippen LogP contribution >= 0.6 is 0 Å². The molecule has 0 saturated heterocycles. The summed E-state index contributed by atoms with van der Waals surface area (Å²) in [4.78, 5) is 22.2. The first kappa shape index (κ1) is 15.9. The normalized spacial score (nSPS) is 11.0. The Morgan fingerprint density at radius 3 is 2.45 bits per heavy atom. The number of urea groups is 1. The number of amides is 2. The highest BCUT2D eigenvalue weighted by Crippen LogP contribution is 2.17. The molecular formula is C14H19FN2O3. The quantitative estimate of drug-likeness (QED) is 0.794.